The van der Waals surface area contributed by atoms with E-state index in [4.69, 9.17) is 4.74 Å². The van der Waals surface area contributed by atoms with Crippen LogP contribution in [-0.2, 0) is 0 Å². The number of aromatic nitrogens is 2. The van der Waals surface area contributed by atoms with Gasteiger partial charge in [0.25, 0.3) is 0 Å². The average molecular weight is 251 g/mol. The normalized spacial score (nSPS) is 14.2. The molecular formula is C14H25N3O. The van der Waals surface area contributed by atoms with Crippen LogP contribution in [0.2, 0.25) is 0 Å². The van der Waals surface area contributed by atoms with Gasteiger partial charge in [-0.25, -0.2) is 9.97 Å². The van der Waals surface area contributed by atoms with E-state index in [-0.39, 0.29) is 0 Å². The predicted molar refractivity (Wildman–Crippen MR) is 74.0 cm³/mol. The van der Waals surface area contributed by atoms with Crippen LogP contribution in [0, 0.1) is 0 Å². The summed E-state index contributed by atoms with van der Waals surface area (Å²) in [5.74, 6) is 1.08. The molecule has 0 aliphatic carbocycles. The zero-order valence-corrected chi connectivity index (χ0v) is 11.9. The van der Waals surface area contributed by atoms with Crippen LogP contribution in [0.5, 0.6) is 5.88 Å². The van der Waals surface area contributed by atoms with Gasteiger partial charge in [-0.1, -0.05) is 20.8 Å². The molecule has 0 aliphatic heterocycles. The number of rotatable bonds is 8. The largest absolute Gasteiger partial charge is 0.478 e. The fraction of sp³-hybridized carbons (Fsp3) is 0.714. The topological polar surface area (TPSA) is 47.0 Å². The van der Waals surface area contributed by atoms with Crippen molar-refractivity contribution in [2.75, 3.05) is 13.2 Å². The molecule has 2 atom stereocenters. The molecule has 1 aromatic rings. The summed E-state index contributed by atoms with van der Waals surface area (Å²) >= 11 is 0. The van der Waals surface area contributed by atoms with E-state index in [1.54, 1.807) is 6.33 Å². The molecule has 4 heteroatoms. The minimum atomic E-state index is 0.400. The van der Waals surface area contributed by atoms with Gasteiger partial charge in [0.15, 0.2) is 0 Å². The Balaban J connectivity index is 2.78. The summed E-state index contributed by atoms with van der Waals surface area (Å²) in [7, 11) is 0. The molecule has 4 nitrogen and oxygen atoms in total. The quantitative estimate of drug-likeness (QED) is 0.771. The first-order valence-corrected chi connectivity index (χ1v) is 6.90. The van der Waals surface area contributed by atoms with E-state index < -0.39 is 0 Å². The van der Waals surface area contributed by atoms with Gasteiger partial charge in [-0.15, -0.1) is 0 Å². The molecule has 1 N–H and O–H groups in total. The van der Waals surface area contributed by atoms with Crippen molar-refractivity contribution in [3.63, 3.8) is 0 Å². The fourth-order valence-corrected chi connectivity index (χ4v) is 2.12. The molecule has 0 radical (unpaired) electrons. The maximum Gasteiger partial charge on any atom is 0.216 e. The van der Waals surface area contributed by atoms with Crippen LogP contribution in [0.15, 0.2) is 12.4 Å². The number of hydrogen-bond donors (Lipinski definition) is 1. The van der Waals surface area contributed by atoms with Gasteiger partial charge < -0.3 is 10.1 Å². The van der Waals surface area contributed by atoms with E-state index in [0.717, 1.165) is 25.1 Å². The average Bonchev–Trinajstić information content (AvgIpc) is 2.38. The minimum absolute atomic E-state index is 0.400. The van der Waals surface area contributed by atoms with Gasteiger partial charge in [0, 0.05) is 18.0 Å². The highest BCUT2D eigenvalue weighted by molar-refractivity contribution is 5.18. The Morgan fingerprint density at radius 3 is 2.67 bits per heavy atom. The summed E-state index contributed by atoms with van der Waals surface area (Å²) < 4.78 is 5.56. The lowest BCUT2D eigenvalue weighted by molar-refractivity contribution is 0.303. The van der Waals surface area contributed by atoms with Crippen molar-refractivity contribution >= 4 is 0 Å². The Morgan fingerprint density at radius 2 is 2.06 bits per heavy atom. The summed E-state index contributed by atoms with van der Waals surface area (Å²) in [4.78, 5) is 8.54. The molecular weight excluding hydrogens is 226 g/mol. The molecule has 0 aromatic carbocycles. The Kier molecular flexibility index (Phi) is 6.65. The highest BCUT2D eigenvalue weighted by atomic mass is 16.5. The van der Waals surface area contributed by atoms with Crippen LogP contribution in [0.4, 0.5) is 0 Å². The first kappa shape index (κ1) is 14.9. The van der Waals surface area contributed by atoms with E-state index in [2.05, 4.69) is 43.0 Å². The number of nitrogens with one attached hydrogen (secondary N) is 1. The van der Waals surface area contributed by atoms with E-state index in [9.17, 15) is 0 Å². The van der Waals surface area contributed by atoms with Gasteiger partial charge >= 0.3 is 0 Å². The van der Waals surface area contributed by atoms with Gasteiger partial charge in [0.2, 0.25) is 5.88 Å². The maximum atomic E-state index is 5.56. The Hall–Kier alpha value is -1.16. The van der Waals surface area contributed by atoms with Crippen molar-refractivity contribution in [1.29, 1.82) is 0 Å². The highest BCUT2D eigenvalue weighted by Crippen LogP contribution is 2.23. The lowest BCUT2D eigenvalue weighted by atomic mass is 9.94. The van der Waals surface area contributed by atoms with Crippen LogP contribution in [0.3, 0.4) is 0 Å². The summed E-state index contributed by atoms with van der Waals surface area (Å²) in [6, 6.07) is 2.38. The molecule has 18 heavy (non-hydrogen) atoms. The Bertz CT molecular complexity index is 344. The zero-order valence-electron chi connectivity index (χ0n) is 11.9. The number of nitrogens with zero attached hydrogens (tertiary/aromatic N) is 2. The molecule has 0 saturated carbocycles. The molecule has 0 fully saturated rings. The van der Waals surface area contributed by atoms with Crippen LogP contribution in [0.25, 0.3) is 0 Å². The minimum Gasteiger partial charge on any atom is -0.478 e. The van der Waals surface area contributed by atoms with E-state index in [1.807, 2.05) is 6.07 Å². The zero-order chi connectivity index (χ0) is 13.4. The number of hydrogen-bond acceptors (Lipinski definition) is 4. The fourth-order valence-electron chi connectivity index (χ4n) is 2.12. The van der Waals surface area contributed by atoms with Crippen molar-refractivity contribution in [3.05, 3.63) is 18.1 Å². The highest BCUT2D eigenvalue weighted by Gasteiger charge is 2.18. The van der Waals surface area contributed by atoms with Crippen LogP contribution < -0.4 is 10.1 Å². The third kappa shape index (κ3) is 4.26. The lowest BCUT2D eigenvalue weighted by Crippen LogP contribution is -2.32. The maximum absolute atomic E-state index is 5.56. The van der Waals surface area contributed by atoms with Crippen molar-refractivity contribution < 1.29 is 4.74 Å². The van der Waals surface area contributed by atoms with Gasteiger partial charge in [-0.05, 0) is 26.3 Å². The molecule has 0 spiro atoms. The summed E-state index contributed by atoms with van der Waals surface area (Å²) in [6.45, 7) is 10.3. The van der Waals surface area contributed by atoms with Crippen molar-refractivity contribution in [1.82, 2.24) is 15.3 Å². The smallest absolute Gasteiger partial charge is 0.216 e. The number of ether oxygens (including phenoxy) is 1. The van der Waals surface area contributed by atoms with Gasteiger partial charge in [0.1, 0.15) is 6.33 Å². The third-order valence-electron chi connectivity index (χ3n) is 3.07. The molecule has 0 amide bonds. The third-order valence-corrected chi connectivity index (χ3v) is 3.07. The molecule has 0 saturated heterocycles. The van der Waals surface area contributed by atoms with Gasteiger partial charge in [-0.2, -0.15) is 0 Å². The molecule has 1 aromatic heterocycles. The Labute approximate surface area is 110 Å². The SMILES string of the molecule is CCCOc1cc(C(CC)C(C)NCC)ncn1. The molecule has 1 heterocycles. The summed E-state index contributed by atoms with van der Waals surface area (Å²) in [5.41, 5.74) is 1.06. The van der Waals surface area contributed by atoms with Gasteiger partial charge in [0.05, 0.1) is 12.3 Å². The van der Waals surface area contributed by atoms with Gasteiger partial charge in [-0.3, -0.25) is 0 Å². The molecule has 2 unspecified atom stereocenters. The second-order valence-electron chi connectivity index (χ2n) is 4.49. The molecule has 0 bridgehead atoms. The molecule has 1 rings (SSSR count). The lowest BCUT2D eigenvalue weighted by Gasteiger charge is -2.23. The second-order valence-corrected chi connectivity index (χ2v) is 4.49. The summed E-state index contributed by atoms with van der Waals surface area (Å²) in [6.07, 6.45) is 3.64. The van der Waals surface area contributed by atoms with Crippen LogP contribution in [0.1, 0.15) is 52.1 Å². The summed E-state index contributed by atoms with van der Waals surface area (Å²) in [5, 5.41) is 3.46. The van der Waals surface area contributed by atoms with Crippen molar-refractivity contribution in [2.24, 2.45) is 0 Å². The van der Waals surface area contributed by atoms with E-state index in [1.165, 1.54) is 0 Å². The molecule has 0 aliphatic rings. The monoisotopic (exact) mass is 251 g/mol. The Morgan fingerprint density at radius 1 is 1.28 bits per heavy atom. The van der Waals surface area contributed by atoms with Crippen LogP contribution >= 0.6 is 0 Å². The number of likely N-dealkylation sites (N-methyl/N-ethyl adjacent to an activating group) is 1. The van der Waals surface area contributed by atoms with E-state index >= 15 is 0 Å². The predicted octanol–water partition coefficient (Wildman–Crippen LogP) is 2.76. The first-order chi connectivity index (χ1) is 8.72. The molecule has 102 valence electrons. The standard InChI is InChI=1S/C14H25N3O/c1-5-8-18-14-9-13(16-10-17-14)12(6-2)11(4)15-7-3/h9-12,15H,5-8H2,1-4H3. The van der Waals surface area contributed by atoms with Crippen molar-refractivity contribution in [3.8, 4) is 5.88 Å². The van der Waals surface area contributed by atoms with Crippen molar-refractivity contribution in [2.45, 2.75) is 52.5 Å². The van der Waals surface area contributed by atoms with Crippen LogP contribution in [-0.4, -0.2) is 29.2 Å². The first-order valence-electron chi connectivity index (χ1n) is 6.90. The second kappa shape index (κ2) is 8.03. The van der Waals surface area contributed by atoms with E-state index in [0.29, 0.717) is 24.4 Å².